The van der Waals surface area contributed by atoms with Gasteiger partial charge in [0, 0.05) is 6.04 Å². The van der Waals surface area contributed by atoms with E-state index in [-0.39, 0.29) is 0 Å². The molecule has 0 aliphatic heterocycles. The normalized spacial score (nSPS) is 12.9. The third-order valence-corrected chi connectivity index (χ3v) is 4.01. The molecule has 0 heterocycles. The van der Waals surface area contributed by atoms with Crippen molar-refractivity contribution in [3.05, 3.63) is 0 Å². The molecule has 0 radical (unpaired) electrons. The predicted octanol–water partition coefficient (Wildman–Crippen LogP) is 4.71. The Morgan fingerprint density at radius 2 is 1.04 bits per heavy atom. The molecule has 0 bridgehead atoms. The van der Waals surface area contributed by atoms with Crippen LogP contribution < -0.4 is 0 Å². The van der Waals surface area contributed by atoms with Gasteiger partial charge in [-0.2, -0.15) is 0 Å². The van der Waals surface area contributed by atoms with Crippen LogP contribution in [-0.4, -0.2) is 39.7 Å². The summed E-state index contributed by atoms with van der Waals surface area (Å²) in [5, 5.41) is 0. The number of unbranched alkanes of at least 4 members (excludes halogenated alkanes) is 8. The Hall–Kier alpha value is 0.0700. The first-order valence-corrected chi connectivity index (χ1v) is 10.7. The quantitative estimate of drug-likeness (QED) is 0.330. The van der Waals surface area contributed by atoms with E-state index in [2.05, 4.69) is 32.8 Å². The third-order valence-electron chi connectivity index (χ3n) is 4.01. The van der Waals surface area contributed by atoms with Gasteiger partial charge in [0.15, 0.2) is 0 Å². The van der Waals surface area contributed by atoms with Gasteiger partial charge in [-0.15, -0.1) is 0 Å². The van der Waals surface area contributed by atoms with E-state index in [1.165, 1.54) is 77.0 Å². The average Bonchev–Trinajstić information content (AvgIpc) is 2.42. The van der Waals surface area contributed by atoms with Gasteiger partial charge in [0.25, 0.3) is 0 Å². The average molecular weight is 353 g/mol. The molecular formula is C17H40NO4P. The van der Waals surface area contributed by atoms with E-state index >= 15 is 0 Å². The van der Waals surface area contributed by atoms with Crippen LogP contribution in [0.1, 0.15) is 90.9 Å². The Bertz CT molecular complexity index is 274. The van der Waals surface area contributed by atoms with E-state index in [0.29, 0.717) is 0 Å². The minimum absolute atomic E-state index is 0.826. The number of hydrogen-bond donors (Lipinski definition) is 3. The van der Waals surface area contributed by atoms with Crippen LogP contribution in [0.4, 0.5) is 0 Å². The second-order valence-electron chi connectivity index (χ2n) is 6.54. The van der Waals surface area contributed by atoms with E-state index in [1.807, 2.05) is 0 Å². The molecule has 0 saturated heterocycles. The van der Waals surface area contributed by atoms with Crippen LogP contribution in [0, 0.1) is 0 Å². The summed E-state index contributed by atoms with van der Waals surface area (Å²) in [5.74, 6) is 0. The molecule has 0 aromatic heterocycles. The maximum Gasteiger partial charge on any atom is 0.466 e. The maximum absolute atomic E-state index is 8.88. The fourth-order valence-electron chi connectivity index (χ4n) is 2.63. The molecule has 0 aliphatic rings. The summed E-state index contributed by atoms with van der Waals surface area (Å²) in [6.07, 6.45) is 17.0. The summed E-state index contributed by atoms with van der Waals surface area (Å²) in [6.45, 7) is 4.58. The van der Waals surface area contributed by atoms with Gasteiger partial charge in [-0.25, -0.2) is 4.57 Å². The Labute approximate surface area is 143 Å². The summed E-state index contributed by atoms with van der Waals surface area (Å²) in [4.78, 5) is 24.0. The molecule has 0 fully saturated rings. The van der Waals surface area contributed by atoms with E-state index < -0.39 is 7.82 Å². The van der Waals surface area contributed by atoms with Gasteiger partial charge in [0.1, 0.15) is 0 Å². The van der Waals surface area contributed by atoms with Crippen molar-refractivity contribution in [2.45, 2.75) is 96.9 Å². The molecule has 0 amide bonds. The third kappa shape index (κ3) is 27.2. The standard InChI is InChI=1S/C17H37N.H3O4P/c1-5-7-9-10-11-12-14-16-17(18(3)4)15-13-8-6-2;1-5(2,3)4/h17H,5-16H2,1-4H3;(H3,1,2,3,4). The molecular weight excluding hydrogens is 313 g/mol. The monoisotopic (exact) mass is 353 g/mol. The van der Waals surface area contributed by atoms with Gasteiger partial charge in [-0.05, 0) is 26.9 Å². The van der Waals surface area contributed by atoms with E-state index in [0.717, 1.165) is 6.04 Å². The lowest BCUT2D eigenvalue weighted by atomic mass is 10.00. The molecule has 1 unspecified atom stereocenters. The van der Waals surface area contributed by atoms with Crippen LogP contribution in [0.3, 0.4) is 0 Å². The van der Waals surface area contributed by atoms with Crippen LogP contribution in [0.5, 0.6) is 0 Å². The van der Waals surface area contributed by atoms with Crippen molar-refractivity contribution in [1.82, 2.24) is 4.90 Å². The van der Waals surface area contributed by atoms with Crippen molar-refractivity contribution in [2.24, 2.45) is 0 Å². The zero-order chi connectivity index (χ0) is 18.1. The largest absolute Gasteiger partial charge is 0.466 e. The summed E-state index contributed by atoms with van der Waals surface area (Å²) >= 11 is 0. The zero-order valence-corrected chi connectivity index (χ0v) is 16.6. The summed E-state index contributed by atoms with van der Waals surface area (Å²) < 4.78 is 8.88. The molecule has 0 spiro atoms. The summed E-state index contributed by atoms with van der Waals surface area (Å²) in [6, 6.07) is 0.826. The van der Waals surface area contributed by atoms with Crippen LogP contribution in [0.2, 0.25) is 0 Å². The number of hydrogen-bond acceptors (Lipinski definition) is 2. The van der Waals surface area contributed by atoms with Gasteiger partial charge in [-0.3, -0.25) is 0 Å². The topological polar surface area (TPSA) is 81.0 Å². The summed E-state index contributed by atoms with van der Waals surface area (Å²) in [5.41, 5.74) is 0. The van der Waals surface area contributed by atoms with E-state index in [4.69, 9.17) is 19.2 Å². The fraction of sp³-hybridized carbons (Fsp3) is 1.00. The second kappa shape index (κ2) is 16.9. The molecule has 0 aromatic rings. The molecule has 3 N–H and O–H groups in total. The highest BCUT2D eigenvalue weighted by Crippen LogP contribution is 2.25. The highest BCUT2D eigenvalue weighted by molar-refractivity contribution is 7.45. The number of rotatable bonds is 13. The second-order valence-corrected chi connectivity index (χ2v) is 7.56. The lowest BCUT2D eigenvalue weighted by molar-refractivity contribution is 0.252. The molecule has 5 nitrogen and oxygen atoms in total. The lowest BCUT2D eigenvalue weighted by Crippen LogP contribution is -2.27. The fourth-order valence-corrected chi connectivity index (χ4v) is 2.63. The van der Waals surface area contributed by atoms with Crippen LogP contribution in [-0.2, 0) is 4.57 Å². The molecule has 1 atom stereocenters. The maximum atomic E-state index is 8.88. The van der Waals surface area contributed by atoms with Crippen molar-refractivity contribution in [2.75, 3.05) is 14.1 Å². The zero-order valence-electron chi connectivity index (χ0n) is 15.7. The smallest absolute Gasteiger partial charge is 0.306 e. The molecule has 0 rings (SSSR count). The number of nitrogens with zero attached hydrogens (tertiary/aromatic N) is 1. The van der Waals surface area contributed by atoms with Gasteiger partial charge < -0.3 is 19.6 Å². The number of phosphoric acid groups is 1. The van der Waals surface area contributed by atoms with Gasteiger partial charge in [0.05, 0.1) is 0 Å². The van der Waals surface area contributed by atoms with Crippen molar-refractivity contribution in [3.8, 4) is 0 Å². The molecule has 142 valence electrons. The van der Waals surface area contributed by atoms with Crippen molar-refractivity contribution >= 4 is 7.82 Å². The van der Waals surface area contributed by atoms with Crippen molar-refractivity contribution in [1.29, 1.82) is 0 Å². The minimum atomic E-state index is -4.64. The molecule has 0 aromatic carbocycles. The Kier molecular flexibility index (Phi) is 18.6. The Morgan fingerprint density at radius 3 is 1.43 bits per heavy atom. The Morgan fingerprint density at radius 1 is 0.739 bits per heavy atom. The molecule has 23 heavy (non-hydrogen) atoms. The minimum Gasteiger partial charge on any atom is -0.306 e. The summed E-state index contributed by atoms with van der Waals surface area (Å²) in [7, 11) is -0.143. The van der Waals surface area contributed by atoms with E-state index in [9.17, 15) is 0 Å². The molecule has 0 aliphatic carbocycles. The molecule has 0 saturated carbocycles. The highest BCUT2D eigenvalue weighted by Gasteiger charge is 2.10. The van der Waals surface area contributed by atoms with Crippen LogP contribution in [0.25, 0.3) is 0 Å². The van der Waals surface area contributed by atoms with Crippen molar-refractivity contribution < 1.29 is 19.2 Å². The van der Waals surface area contributed by atoms with Crippen LogP contribution >= 0.6 is 7.82 Å². The van der Waals surface area contributed by atoms with Gasteiger partial charge in [-0.1, -0.05) is 78.1 Å². The van der Waals surface area contributed by atoms with Gasteiger partial charge >= 0.3 is 7.82 Å². The van der Waals surface area contributed by atoms with E-state index in [1.54, 1.807) is 0 Å². The Balaban J connectivity index is 0. The van der Waals surface area contributed by atoms with Gasteiger partial charge in [0.2, 0.25) is 0 Å². The molecule has 6 heteroatoms. The first kappa shape index (κ1) is 25.3. The SMILES string of the molecule is CCCCCCCCCC(CCCCC)N(C)C.O=P(O)(O)O. The lowest BCUT2D eigenvalue weighted by Gasteiger charge is -2.24. The van der Waals surface area contributed by atoms with Crippen LogP contribution in [0.15, 0.2) is 0 Å². The highest BCUT2D eigenvalue weighted by atomic mass is 31.2. The predicted molar refractivity (Wildman–Crippen MR) is 98.5 cm³/mol. The van der Waals surface area contributed by atoms with Crippen molar-refractivity contribution in [3.63, 3.8) is 0 Å². The first-order chi connectivity index (χ1) is 10.7. The first-order valence-electron chi connectivity index (χ1n) is 9.17.